The maximum Gasteiger partial charge on any atom is 0.391 e. The van der Waals surface area contributed by atoms with Crippen LogP contribution in [0.15, 0.2) is 24.5 Å². The average molecular weight is 393 g/mol. The van der Waals surface area contributed by atoms with E-state index in [1.807, 2.05) is 24.0 Å². The topological polar surface area (TPSA) is 65.1 Å². The van der Waals surface area contributed by atoms with Crippen molar-refractivity contribution in [1.29, 1.82) is 0 Å². The highest BCUT2D eigenvalue weighted by atomic mass is 19.4. The van der Waals surface area contributed by atoms with E-state index >= 15 is 0 Å². The third-order valence-corrected chi connectivity index (χ3v) is 5.77. The number of piperidine rings is 1. The number of carbonyl (C=O) groups is 1. The van der Waals surface area contributed by atoms with Gasteiger partial charge >= 0.3 is 6.18 Å². The van der Waals surface area contributed by atoms with E-state index in [9.17, 15) is 18.0 Å². The summed E-state index contributed by atoms with van der Waals surface area (Å²) in [4.78, 5) is 21.0. The van der Waals surface area contributed by atoms with Crippen LogP contribution in [0.2, 0.25) is 0 Å². The zero-order valence-electron chi connectivity index (χ0n) is 15.5. The Labute approximate surface area is 160 Å². The minimum atomic E-state index is -4.14. The lowest BCUT2D eigenvalue weighted by Gasteiger charge is -2.35. The number of nitrogens with zero attached hydrogens (tertiary/aromatic N) is 4. The number of alkyl halides is 3. The van der Waals surface area contributed by atoms with E-state index in [4.69, 9.17) is 0 Å². The standard InChI is InChI=1S/C19H22F3N5O/c1-12-15(13-10-23-24-11-13)2-3-17(25-12)27-9-6-16(18(27)28)26-7-4-14(5-8-26)19(20,21)22/h2-3,10-11,14,16H,4-9H2,1H3,(H,23,24). The van der Waals surface area contributed by atoms with Crippen LogP contribution in [0, 0.1) is 12.8 Å². The lowest BCUT2D eigenvalue weighted by atomic mass is 9.95. The predicted octanol–water partition coefficient (Wildman–Crippen LogP) is 3.16. The SMILES string of the molecule is Cc1nc(N2CCC(N3CCC(C(F)(F)F)CC3)C2=O)ccc1-c1cn[nH]c1. The molecule has 4 rings (SSSR count). The monoisotopic (exact) mass is 393 g/mol. The molecule has 150 valence electrons. The van der Waals surface area contributed by atoms with Crippen molar-refractivity contribution < 1.29 is 18.0 Å². The molecule has 2 aromatic heterocycles. The molecule has 2 aliphatic rings. The Balaban J connectivity index is 1.44. The first-order valence-electron chi connectivity index (χ1n) is 9.43. The lowest BCUT2D eigenvalue weighted by Crippen LogP contribution is -2.47. The maximum absolute atomic E-state index is 12.9. The van der Waals surface area contributed by atoms with Crippen LogP contribution in [0.3, 0.4) is 0 Å². The van der Waals surface area contributed by atoms with Crippen molar-refractivity contribution in [3.63, 3.8) is 0 Å². The Kier molecular flexibility index (Phi) is 4.86. The number of aromatic nitrogens is 3. The van der Waals surface area contributed by atoms with Crippen LogP contribution in [0.25, 0.3) is 11.1 Å². The van der Waals surface area contributed by atoms with Gasteiger partial charge < -0.3 is 0 Å². The highest BCUT2D eigenvalue weighted by Gasteiger charge is 2.44. The Morgan fingerprint density at radius 1 is 1.14 bits per heavy atom. The van der Waals surface area contributed by atoms with Gasteiger partial charge in [0, 0.05) is 29.6 Å². The number of anilines is 1. The molecule has 1 atom stereocenters. The highest BCUT2D eigenvalue weighted by Crippen LogP contribution is 2.36. The number of likely N-dealkylation sites (tertiary alicyclic amines) is 1. The summed E-state index contributed by atoms with van der Waals surface area (Å²) in [6, 6.07) is 3.37. The molecule has 6 nitrogen and oxygen atoms in total. The summed E-state index contributed by atoms with van der Waals surface area (Å²) in [5, 5.41) is 6.71. The molecule has 2 fully saturated rings. The summed E-state index contributed by atoms with van der Waals surface area (Å²) in [6.07, 6.45) is 0.0837. The second kappa shape index (κ2) is 7.20. The highest BCUT2D eigenvalue weighted by molar-refractivity contribution is 5.98. The van der Waals surface area contributed by atoms with Gasteiger partial charge in [0.25, 0.3) is 0 Å². The Morgan fingerprint density at radius 3 is 2.50 bits per heavy atom. The molecule has 1 N–H and O–H groups in total. The van der Waals surface area contributed by atoms with Gasteiger partial charge in [-0.3, -0.25) is 19.7 Å². The van der Waals surface area contributed by atoms with Gasteiger partial charge in [-0.25, -0.2) is 4.98 Å². The van der Waals surface area contributed by atoms with E-state index in [2.05, 4.69) is 15.2 Å². The molecule has 0 aliphatic carbocycles. The van der Waals surface area contributed by atoms with E-state index < -0.39 is 12.1 Å². The third kappa shape index (κ3) is 3.50. The summed E-state index contributed by atoms with van der Waals surface area (Å²) in [6.45, 7) is 3.02. The fourth-order valence-corrected chi connectivity index (χ4v) is 4.17. The lowest BCUT2D eigenvalue weighted by molar-refractivity contribution is -0.186. The number of halogens is 3. The molecule has 0 radical (unpaired) electrons. The largest absolute Gasteiger partial charge is 0.391 e. The van der Waals surface area contributed by atoms with Crippen molar-refractivity contribution in [3.05, 3.63) is 30.2 Å². The molecule has 2 aromatic rings. The van der Waals surface area contributed by atoms with Gasteiger partial charge in [-0.2, -0.15) is 18.3 Å². The van der Waals surface area contributed by atoms with E-state index in [0.717, 1.165) is 16.8 Å². The molecule has 9 heteroatoms. The molecule has 2 saturated heterocycles. The summed E-state index contributed by atoms with van der Waals surface area (Å²) in [5.74, 6) is -0.744. The molecule has 0 saturated carbocycles. The van der Waals surface area contributed by atoms with E-state index in [1.165, 1.54) is 0 Å². The number of nitrogens with one attached hydrogen (secondary N) is 1. The number of amides is 1. The Hall–Kier alpha value is -2.42. The summed E-state index contributed by atoms with van der Waals surface area (Å²) < 4.78 is 38.6. The van der Waals surface area contributed by atoms with Crippen LogP contribution in [0.1, 0.15) is 25.0 Å². The second-order valence-electron chi connectivity index (χ2n) is 7.44. The molecule has 1 amide bonds. The number of pyridine rings is 1. The van der Waals surface area contributed by atoms with Crippen LogP contribution < -0.4 is 4.90 Å². The number of aryl methyl sites for hydroxylation is 1. The van der Waals surface area contributed by atoms with Crippen molar-refractivity contribution in [2.75, 3.05) is 24.5 Å². The fourth-order valence-electron chi connectivity index (χ4n) is 4.17. The minimum Gasteiger partial charge on any atom is -0.295 e. The molecular formula is C19H22F3N5O. The molecule has 0 spiro atoms. The van der Waals surface area contributed by atoms with Crippen LogP contribution in [-0.2, 0) is 4.79 Å². The molecule has 0 aromatic carbocycles. The van der Waals surface area contributed by atoms with Crippen LogP contribution >= 0.6 is 0 Å². The van der Waals surface area contributed by atoms with Crippen molar-refractivity contribution in [2.45, 2.75) is 38.4 Å². The molecule has 1 unspecified atom stereocenters. The zero-order chi connectivity index (χ0) is 19.9. The first kappa shape index (κ1) is 18.9. The van der Waals surface area contributed by atoms with Gasteiger partial charge in [-0.05, 0) is 51.4 Å². The second-order valence-corrected chi connectivity index (χ2v) is 7.44. The summed E-state index contributed by atoms with van der Waals surface area (Å²) >= 11 is 0. The van der Waals surface area contributed by atoms with Gasteiger partial charge in [-0.1, -0.05) is 0 Å². The first-order valence-corrected chi connectivity index (χ1v) is 9.43. The van der Waals surface area contributed by atoms with Crippen molar-refractivity contribution >= 4 is 11.7 Å². The Bertz CT molecular complexity index is 844. The van der Waals surface area contributed by atoms with Gasteiger partial charge in [0.05, 0.1) is 18.2 Å². The fraction of sp³-hybridized carbons (Fsp3) is 0.526. The van der Waals surface area contributed by atoms with Gasteiger partial charge in [0.15, 0.2) is 0 Å². The number of hydrogen-bond acceptors (Lipinski definition) is 4. The smallest absolute Gasteiger partial charge is 0.295 e. The number of carbonyl (C=O) groups excluding carboxylic acids is 1. The molecule has 28 heavy (non-hydrogen) atoms. The van der Waals surface area contributed by atoms with Crippen molar-refractivity contribution in [1.82, 2.24) is 20.1 Å². The van der Waals surface area contributed by atoms with Crippen LogP contribution in [-0.4, -0.2) is 57.8 Å². The number of hydrogen-bond donors (Lipinski definition) is 1. The number of rotatable bonds is 3. The Morgan fingerprint density at radius 2 is 1.89 bits per heavy atom. The summed E-state index contributed by atoms with van der Waals surface area (Å²) in [7, 11) is 0. The molecule has 0 bridgehead atoms. The van der Waals surface area contributed by atoms with Crippen LogP contribution in [0.5, 0.6) is 0 Å². The van der Waals surface area contributed by atoms with Crippen LogP contribution in [0.4, 0.5) is 19.0 Å². The van der Waals surface area contributed by atoms with E-state index in [-0.39, 0.29) is 24.8 Å². The molecule has 2 aliphatic heterocycles. The van der Waals surface area contributed by atoms with E-state index in [0.29, 0.717) is 31.9 Å². The third-order valence-electron chi connectivity index (χ3n) is 5.77. The predicted molar refractivity (Wildman–Crippen MR) is 97.7 cm³/mol. The maximum atomic E-state index is 12.9. The van der Waals surface area contributed by atoms with Gasteiger partial charge in [-0.15, -0.1) is 0 Å². The minimum absolute atomic E-state index is 0.0596. The van der Waals surface area contributed by atoms with Crippen molar-refractivity contribution in [3.8, 4) is 11.1 Å². The average Bonchev–Trinajstić information content (AvgIpc) is 3.31. The van der Waals surface area contributed by atoms with Gasteiger partial charge in [0.1, 0.15) is 5.82 Å². The summed E-state index contributed by atoms with van der Waals surface area (Å²) in [5.41, 5.74) is 2.66. The van der Waals surface area contributed by atoms with Crippen molar-refractivity contribution in [2.24, 2.45) is 5.92 Å². The number of H-pyrrole nitrogens is 1. The van der Waals surface area contributed by atoms with Gasteiger partial charge in [0.2, 0.25) is 5.91 Å². The quantitative estimate of drug-likeness (QED) is 0.870. The molecule has 4 heterocycles. The zero-order valence-corrected chi connectivity index (χ0v) is 15.5. The molecular weight excluding hydrogens is 371 g/mol. The first-order chi connectivity index (χ1) is 13.3. The van der Waals surface area contributed by atoms with E-state index in [1.54, 1.807) is 17.3 Å². The number of aromatic amines is 1. The normalized spacial score (nSPS) is 22.2.